The molecule has 0 nitrogen and oxygen atoms in total. The van der Waals surface area contributed by atoms with E-state index in [4.69, 9.17) is 0 Å². The fourth-order valence-corrected chi connectivity index (χ4v) is 12.8. The van der Waals surface area contributed by atoms with Crippen molar-refractivity contribution in [2.24, 2.45) is 0 Å². The van der Waals surface area contributed by atoms with Crippen LogP contribution in [-0.4, -0.2) is 0 Å². The van der Waals surface area contributed by atoms with E-state index in [2.05, 4.69) is 232 Å². The Morgan fingerprint density at radius 2 is 0.688 bits per heavy atom. The second-order valence-electron chi connectivity index (χ2n) is 18.6. The van der Waals surface area contributed by atoms with Crippen LogP contribution in [0.4, 0.5) is 0 Å². The van der Waals surface area contributed by atoms with E-state index in [1.165, 1.54) is 132 Å². The van der Waals surface area contributed by atoms with E-state index in [0.29, 0.717) is 0 Å². The van der Waals surface area contributed by atoms with Crippen LogP contribution in [0.25, 0.3) is 99.1 Å². The molecule has 0 atom stereocenters. The molecule has 0 unspecified atom stereocenters. The Labute approximate surface area is 373 Å². The summed E-state index contributed by atoms with van der Waals surface area (Å²) in [6.45, 7) is 4.84. The molecule has 11 aromatic carbocycles. The largest absolute Gasteiger partial charge is 0.0725 e. The van der Waals surface area contributed by atoms with Gasteiger partial charge in [0.15, 0.2) is 0 Å². The van der Waals surface area contributed by atoms with Gasteiger partial charge < -0.3 is 0 Å². The predicted molar refractivity (Wildman–Crippen MR) is 269 cm³/mol. The monoisotopic (exact) mass is 810 g/mol. The minimum absolute atomic E-state index is 0.169. The van der Waals surface area contributed by atoms with Crippen molar-refractivity contribution in [2.45, 2.75) is 24.7 Å². The third kappa shape index (κ3) is 4.52. The lowest BCUT2D eigenvalue weighted by atomic mass is 9.70. The summed E-state index contributed by atoms with van der Waals surface area (Å²) in [5.41, 5.74) is 23.3. The number of fused-ring (bicyclic) bond motifs is 17. The number of rotatable bonds is 3. The van der Waals surface area contributed by atoms with Gasteiger partial charge in [0.2, 0.25) is 0 Å². The zero-order valence-corrected chi connectivity index (χ0v) is 35.8. The third-order valence-corrected chi connectivity index (χ3v) is 15.2. The first-order valence-electron chi connectivity index (χ1n) is 22.7. The molecule has 0 heterocycles. The first-order valence-corrected chi connectivity index (χ1v) is 22.7. The zero-order valence-electron chi connectivity index (χ0n) is 35.8. The molecule has 0 radical (unpaired) electrons. The van der Waals surface area contributed by atoms with Crippen LogP contribution in [0.5, 0.6) is 0 Å². The molecule has 11 aromatic rings. The van der Waals surface area contributed by atoms with Gasteiger partial charge in [0.1, 0.15) is 0 Å². The van der Waals surface area contributed by atoms with E-state index in [1.807, 2.05) is 0 Å². The van der Waals surface area contributed by atoms with E-state index < -0.39 is 5.41 Å². The van der Waals surface area contributed by atoms with Gasteiger partial charge in [-0.3, -0.25) is 0 Å². The second kappa shape index (κ2) is 12.9. The summed E-state index contributed by atoms with van der Waals surface area (Å²) < 4.78 is 0. The zero-order chi connectivity index (χ0) is 42.3. The summed E-state index contributed by atoms with van der Waals surface area (Å²) in [7, 11) is 0. The molecule has 3 aliphatic rings. The molecule has 0 bridgehead atoms. The van der Waals surface area contributed by atoms with Crippen molar-refractivity contribution < 1.29 is 0 Å². The summed E-state index contributed by atoms with van der Waals surface area (Å²) in [4.78, 5) is 0. The van der Waals surface area contributed by atoms with E-state index in [1.54, 1.807) is 0 Å². The molecule has 0 amide bonds. The van der Waals surface area contributed by atoms with E-state index >= 15 is 0 Å². The van der Waals surface area contributed by atoms with Gasteiger partial charge >= 0.3 is 0 Å². The fraction of sp³-hybridized carbons (Fsp3) is 0.0625. The van der Waals surface area contributed by atoms with E-state index in [0.717, 1.165) is 0 Å². The van der Waals surface area contributed by atoms with Crippen molar-refractivity contribution in [2.75, 3.05) is 0 Å². The first-order chi connectivity index (χ1) is 31.5. The van der Waals surface area contributed by atoms with Gasteiger partial charge in [-0.1, -0.05) is 220 Å². The maximum atomic E-state index is 2.54. The van der Waals surface area contributed by atoms with Gasteiger partial charge in [-0.2, -0.15) is 0 Å². The molecule has 14 rings (SSSR count). The van der Waals surface area contributed by atoms with Crippen LogP contribution in [0, 0.1) is 0 Å². The van der Waals surface area contributed by atoms with Crippen molar-refractivity contribution in [1.29, 1.82) is 0 Å². The van der Waals surface area contributed by atoms with E-state index in [9.17, 15) is 0 Å². The average molecular weight is 811 g/mol. The van der Waals surface area contributed by atoms with Crippen LogP contribution >= 0.6 is 0 Å². The van der Waals surface area contributed by atoms with Gasteiger partial charge in [0.05, 0.1) is 5.41 Å². The molecule has 0 saturated carbocycles. The summed E-state index contributed by atoms with van der Waals surface area (Å²) in [6, 6.07) is 82.6. The highest BCUT2D eigenvalue weighted by atomic mass is 14.5. The Hall–Kier alpha value is -7.80. The third-order valence-electron chi connectivity index (χ3n) is 15.2. The molecule has 0 heteroatoms. The first kappa shape index (κ1) is 35.8. The lowest BCUT2D eigenvalue weighted by Gasteiger charge is -2.31. The molecular formula is C64H42. The quantitative estimate of drug-likeness (QED) is 0.156. The maximum absolute atomic E-state index is 2.54. The molecule has 0 N–H and O–H groups in total. The van der Waals surface area contributed by atoms with Crippen molar-refractivity contribution in [3.05, 3.63) is 252 Å². The highest BCUT2D eigenvalue weighted by molar-refractivity contribution is 6.22. The van der Waals surface area contributed by atoms with Gasteiger partial charge in [0, 0.05) is 5.41 Å². The minimum atomic E-state index is -0.401. The predicted octanol–water partition coefficient (Wildman–Crippen LogP) is 16.8. The van der Waals surface area contributed by atoms with Crippen molar-refractivity contribution in [1.82, 2.24) is 0 Å². The topological polar surface area (TPSA) is 0 Å². The Morgan fingerprint density at radius 3 is 1.30 bits per heavy atom. The minimum Gasteiger partial charge on any atom is -0.0619 e. The van der Waals surface area contributed by atoms with Crippen molar-refractivity contribution in [3.63, 3.8) is 0 Å². The van der Waals surface area contributed by atoms with Crippen LogP contribution in [0.3, 0.4) is 0 Å². The number of hydrogen-bond donors (Lipinski definition) is 0. The lowest BCUT2D eigenvalue weighted by molar-refractivity contribution is 0.668. The number of benzene rings is 11. The maximum Gasteiger partial charge on any atom is 0.0725 e. The molecule has 0 saturated heterocycles. The molecule has 64 heavy (non-hydrogen) atoms. The average Bonchev–Trinajstić information content (AvgIpc) is 3.91. The fourth-order valence-electron chi connectivity index (χ4n) is 12.8. The van der Waals surface area contributed by atoms with Crippen molar-refractivity contribution in [3.8, 4) is 66.8 Å². The van der Waals surface area contributed by atoms with Crippen LogP contribution in [0.15, 0.2) is 218 Å². The summed E-state index contributed by atoms with van der Waals surface area (Å²) in [5.74, 6) is 0. The van der Waals surface area contributed by atoms with Gasteiger partial charge in [-0.05, 0) is 145 Å². The number of hydrogen-bond acceptors (Lipinski definition) is 0. The Kier molecular flexibility index (Phi) is 7.20. The van der Waals surface area contributed by atoms with Crippen LogP contribution in [0.2, 0.25) is 0 Å². The molecule has 3 aliphatic carbocycles. The van der Waals surface area contributed by atoms with Crippen LogP contribution in [0.1, 0.15) is 47.2 Å². The molecule has 298 valence electrons. The molecule has 0 aromatic heterocycles. The molecule has 1 spiro atoms. The van der Waals surface area contributed by atoms with E-state index in [-0.39, 0.29) is 5.41 Å². The van der Waals surface area contributed by atoms with Crippen molar-refractivity contribution >= 4 is 32.3 Å². The Balaban J connectivity index is 0.981. The van der Waals surface area contributed by atoms with Gasteiger partial charge in [-0.25, -0.2) is 0 Å². The normalized spacial score (nSPS) is 14.3. The van der Waals surface area contributed by atoms with Gasteiger partial charge in [-0.15, -0.1) is 0 Å². The summed E-state index contributed by atoms with van der Waals surface area (Å²) in [6.07, 6.45) is 0. The highest BCUT2D eigenvalue weighted by Crippen LogP contribution is 2.63. The molecule has 0 fully saturated rings. The Morgan fingerprint density at radius 1 is 0.266 bits per heavy atom. The molecular weight excluding hydrogens is 769 g/mol. The highest BCUT2D eigenvalue weighted by Gasteiger charge is 2.51. The van der Waals surface area contributed by atoms with Crippen LogP contribution < -0.4 is 0 Å². The summed E-state index contributed by atoms with van der Waals surface area (Å²) in [5, 5.41) is 7.71. The smallest absolute Gasteiger partial charge is 0.0619 e. The van der Waals surface area contributed by atoms with Crippen LogP contribution in [-0.2, 0) is 10.8 Å². The Bertz CT molecular complexity index is 3700. The standard InChI is InChI=1S/C64H42/c1-63(2)61-43-20-4-3-17-39(43)33-36-54(61)53-29-16-28-44(62(53)63)40-18-15-19-41(37-40)59-49-24-5-7-26-51(49)60(52-27-8-6-25-50(52)59)42-34-35-48-47-23-11-14-32-57(47)64(58(48)38-42)55-30-12-9-21-45(55)46-22-10-13-31-56(46)64/h3-38H,1-2H3. The van der Waals surface area contributed by atoms with Gasteiger partial charge in [0.25, 0.3) is 0 Å². The second-order valence-corrected chi connectivity index (χ2v) is 18.6. The molecule has 0 aliphatic heterocycles. The lowest BCUT2D eigenvalue weighted by Crippen LogP contribution is -2.25. The summed E-state index contributed by atoms with van der Waals surface area (Å²) >= 11 is 0. The SMILES string of the molecule is CC1(C)c2c(-c3cccc(-c4c5ccccc5c(-c5ccc6c(c5)C5(c7ccccc7-c7ccccc75)c5ccccc5-6)c5ccccc45)c3)cccc2-c2ccc3ccccc3c21.